The van der Waals surface area contributed by atoms with Crippen LogP contribution in [0.1, 0.15) is 33.4 Å². The topological polar surface area (TPSA) is 67.5 Å². The van der Waals surface area contributed by atoms with Gasteiger partial charge in [-0.15, -0.1) is 0 Å². The maximum atomic E-state index is 11.0. The van der Waals surface area contributed by atoms with E-state index in [4.69, 9.17) is 9.52 Å². The van der Waals surface area contributed by atoms with Crippen LogP contribution in [0.3, 0.4) is 0 Å². The summed E-state index contributed by atoms with van der Waals surface area (Å²) in [6, 6.07) is 5.30. The Bertz CT molecular complexity index is 566. The smallest absolute Gasteiger partial charge is 0.372 e. The SMILES string of the molecule is CCc1cccc2oc(C(=O)O)c(C=O)c12. The molecule has 0 aliphatic carbocycles. The average Bonchev–Trinajstić information content (AvgIpc) is 2.67. The summed E-state index contributed by atoms with van der Waals surface area (Å²) >= 11 is 0. The van der Waals surface area contributed by atoms with Gasteiger partial charge in [0.05, 0.1) is 5.56 Å². The minimum Gasteiger partial charge on any atom is -0.475 e. The van der Waals surface area contributed by atoms with Crippen LogP contribution in [0.15, 0.2) is 22.6 Å². The molecule has 1 N–H and O–H groups in total. The maximum absolute atomic E-state index is 11.0. The molecule has 1 heterocycles. The molecule has 0 fully saturated rings. The lowest BCUT2D eigenvalue weighted by Gasteiger charge is -1.97. The minimum atomic E-state index is -1.22. The standard InChI is InChI=1S/C12H10O4/c1-2-7-4-3-5-9-10(7)8(6-13)11(16-9)12(14)15/h3-6H,2H2,1H3,(H,14,15). The van der Waals surface area contributed by atoms with E-state index in [0.717, 1.165) is 12.0 Å². The highest BCUT2D eigenvalue weighted by Gasteiger charge is 2.20. The number of hydrogen-bond acceptors (Lipinski definition) is 3. The molecule has 0 aliphatic heterocycles. The maximum Gasteiger partial charge on any atom is 0.372 e. The van der Waals surface area contributed by atoms with Crippen LogP contribution in [-0.4, -0.2) is 17.4 Å². The van der Waals surface area contributed by atoms with Crippen LogP contribution in [0, 0.1) is 0 Å². The molecule has 82 valence electrons. The molecule has 0 bridgehead atoms. The van der Waals surface area contributed by atoms with Gasteiger partial charge in [-0.1, -0.05) is 19.1 Å². The predicted molar refractivity (Wildman–Crippen MR) is 57.9 cm³/mol. The number of carbonyl (C=O) groups excluding carboxylic acids is 1. The zero-order valence-corrected chi connectivity index (χ0v) is 8.69. The fourth-order valence-electron chi connectivity index (χ4n) is 1.81. The summed E-state index contributed by atoms with van der Waals surface area (Å²) in [6.07, 6.45) is 1.26. The molecule has 0 spiro atoms. The number of aromatic carboxylic acids is 1. The molecule has 0 radical (unpaired) electrons. The number of carbonyl (C=O) groups is 2. The van der Waals surface area contributed by atoms with E-state index in [1.807, 2.05) is 13.0 Å². The van der Waals surface area contributed by atoms with Gasteiger partial charge in [-0.05, 0) is 18.1 Å². The molecule has 0 amide bonds. The van der Waals surface area contributed by atoms with Gasteiger partial charge in [0.15, 0.2) is 6.29 Å². The van der Waals surface area contributed by atoms with Gasteiger partial charge in [-0.3, -0.25) is 4.79 Å². The molecule has 2 aromatic rings. The van der Waals surface area contributed by atoms with Crippen molar-refractivity contribution < 1.29 is 19.1 Å². The number of rotatable bonds is 3. The lowest BCUT2D eigenvalue weighted by atomic mass is 10.0. The molecule has 16 heavy (non-hydrogen) atoms. The van der Waals surface area contributed by atoms with Crippen molar-refractivity contribution in [3.63, 3.8) is 0 Å². The Morgan fingerprint density at radius 1 is 1.50 bits per heavy atom. The zero-order valence-electron chi connectivity index (χ0n) is 8.69. The molecule has 0 saturated heterocycles. The zero-order chi connectivity index (χ0) is 11.7. The molecule has 0 unspecified atom stereocenters. The Balaban J connectivity index is 2.88. The second kappa shape index (κ2) is 3.81. The molecule has 0 atom stereocenters. The van der Waals surface area contributed by atoms with E-state index in [9.17, 15) is 9.59 Å². The van der Waals surface area contributed by atoms with Crippen LogP contribution in [0.25, 0.3) is 11.0 Å². The Kier molecular flexibility index (Phi) is 2.48. The van der Waals surface area contributed by atoms with Gasteiger partial charge in [0, 0.05) is 5.39 Å². The lowest BCUT2D eigenvalue weighted by molar-refractivity contribution is 0.0661. The van der Waals surface area contributed by atoms with Crippen molar-refractivity contribution in [2.75, 3.05) is 0 Å². The van der Waals surface area contributed by atoms with Crippen molar-refractivity contribution in [3.05, 3.63) is 35.1 Å². The van der Waals surface area contributed by atoms with Crippen LogP contribution in [0.5, 0.6) is 0 Å². The summed E-state index contributed by atoms with van der Waals surface area (Å²) in [5, 5.41) is 9.52. The number of benzene rings is 1. The van der Waals surface area contributed by atoms with E-state index in [-0.39, 0.29) is 11.3 Å². The second-order valence-electron chi connectivity index (χ2n) is 3.41. The quantitative estimate of drug-likeness (QED) is 0.803. The third-order valence-electron chi connectivity index (χ3n) is 2.53. The third-order valence-corrected chi connectivity index (χ3v) is 2.53. The van der Waals surface area contributed by atoms with E-state index in [1.54, 1.807) is 12.1 Å². The van der Waals surface area contributed by atoms with Crippen LogP contribution in [0.2, 0.25) is 0 Å². The Hall–Kier alpha value is -2.10. The molecule has 0 aliphatic rings. The number of fused-ring (bicyclic) bond motifs is 1. The molecule has 1 aromatic carbocycles. The summed E-state index contributed by atoms with van der Waals surface area (Å²) < 4.78 is 5.16. The number of aryl methyl sites for hydroxylation is 1. The minimum absolute atomic E-state index is 0.125. The van der Waals surface area contributed by atoms with E-state index in [2.05, 4.69) is 0 Å². The van der Waals surface area contributed by atoms with Crippen molar-refractivity contribution >= 4 is 23.2 Å². The number of furan rings is 1. The number of carboxylic acid groups (broad SMARTS) is 1. The van der Waals surface area contributed by atoms with Crippen LogP contribution < -0.4 is 0 Å². The second-order valence-corrected chi connectivity index (χ2v) is 3.41. The monoisotopic (exact) mass is 218 g/mol. The highest BCUT2D eigenvalue weighted by Crippen LogP contribution is 2.28. The van der Waals surface area contributed by atoms with Gasteiger partial charge < -0.3 is 9.52 Å². The van der Waals surface area contributed by atoms with Gasteiger partial charge in [-0.2, -0.15) is 0 Å². The van der Waals surface area contributed by atoms with Gasteiger partial charge in [0.1, 0.15) is 5.58 Å². The molecule has 4 heteroatoms. The first kappa shape index (κ1) is 10.4. The van der Waals surface area contributed by atoms with Crippen molar-refractivity contribution in [1.29, 1.82) is 0 Å². The predicted octanol–water partition coefficient (Wildman–Crippen LogP) is 2.51. The van der Waals surface area contributed by atoms with E-state index in [0.29, 0.717) is 17.3 Å². The van der Waals surface area contributed by atoms with Gasteiger partial charge in [-0.25, -0.2) is 4.79 Å². The summed E-state index contributed by atoms with van der Waals surface area (Å²) in [4.78, 5) is 21.8. The Morgan fingerprint density at radius 3 is 2.81 bits per heavy atom. The van der Waals surface area contributed by atoms with Crippen molar-refractivity contribution in [2.45, 2.75) is 13.3 Å². The van der Waals surface area contributed by atoms with Crippen LogP contribution in [0.4, 0.5) is 0 Å². The summed E-state index contributed by atoms with van der Waals surface area (Å²) in [6.45, 7) is 1.94. The summed E-state index contributed by atoms with van der Waals surface area (Å²) in [5.74, 6) is -1.51. The van der Waals surface area contributed by atoms with Crippen LogP contribution >= 0.6 is 0 Å². The fraction of sp³-hybridized carbons (Fsp3) is 0.167. The lowest BCUT2D eigenvalue weighted by Crippen LogP contribution is -1.98. The largest absolute Gasteiger partial charge is 0.475 e. The fourth-order valence-corrected chi connectivity index (χ4v) is 1.81. The molecular formula is C12H10O4. The molecule has 1 aromatic heterocycles. The van der Waals surface area contributed by atoms with E-state index < -0.39 is 5.97 Å². The Labute approximate surface area is 91.5 Å². The first-order chi connectivity index (χ1) is 7.69. The highest BCUT2D eigenvalue weighted by molar-refractivity contribution is 6.07. The third kappa shape index (κ3) is 1.39. The van der Waals surface area contributed by atoms with Crippen molar-refractivity contribution in [3.8, 4) is 0 Å². The first-order valence-corrected chi connectivity index (χ1v) is 4.92. The van der Waals surface area contributed by atoms with Gasteiger partial charge in [0.2, 0.25) is 5.76 Å². The summed E-state index contributed by atoms with van der Waals surface area (Å²) in [5.41, 5.74) is 1.48. The van der Waals surface area contributed by atoms with Crippen molar-refractivity contribution in [1.82, 2.24) is 0 Å². The van der Waals surface area contributed by atoms with Crippen molar-refractivity contribution in [2.24, 2.45) is 0 Å². The molecule has 4 nitrogen and oxygen atoms in total. The normalized spacial score (nSPS) is 10.6. The molecular weight excluding hydrogens is 208 g/mol. The van der Waals surface area contributed by atoms with Crippen LogP contribution in [-0.2, 0) is 6.42 Å². The molecule has 2 rings (SSSR count). The first-order valence-electron chi connectivity index (χ1n) is 4.92. The van der Waals surface area contributed by atoms with E-state index in [1.165, 1.54) is 0 Å². The number of aldehydes is 1. The highest BCUT2D eigenvalue weighted by atomic mass is 16.4. The average molecular weight is 218 g/mol. The number of hydrogen-bond donors (Lipinski definition) is 1. The number of carboxylic acids is 1. The Morgan fingerprint density at radius 2 is 2.25 bits per heavy atom. The molecule has 0 saturated carbocycles. The van der Waals surface area contributed by atoms with Gasteiger partial charge >= 0.3 is 5.97 Å². The van der Waals surface area contributed by atoms with Gasteiger partial charge in [0.25, 0.3) is 0 Å². The summed E-state index contributed by atoms with van der Waals surface area (Å²) in [7, 11) is 0. The van der Waals surface area contributed by atoms with E-state index >= 15 is 0 Å².